The lowest BCUT2D eigenvalue weighted by molar-refractivity contribution is 1.74. The average Bonchev–Trinajstić information content (AvgIpc) is 2.91. The highest BCUT2D eigenvalue weighted by Gasteiger charge is 2.90. The van der Waals surface area contributed by atoms with Gasteiger partial charge in [0.05, 0.1) is 0 Å². The summed E-state index contributed by atoms with van der Waals surface area (Å²) in [7, 11) is -24.4. The van der Waals surface area contributed by atoms with Gasteiger partial charge >= 0.3 is 0 Å². The monoisotopic (exact) mass is 1280 g/mol. The van der Waals surface area contributed by atoms with Crippen molar-refractivity contribution >= 4 is 156 Å². The van der Waals surface area contributed by atoms with Crippen molar-refractivity contribution in [2.75, 3.05) is 0 Å². The van der Waals surface area contributed by atoms with E-state index in [1.807, 2.05) is 0 Å². The van der Waals surface area contributed by atoms with Crippen molar-refractivity contribution < 1.29 is 0 Å². The van der Waals surface area contributed by atoms with E-state index in [1.165, 1.54) is 0 Å². The second kappa shape index (κ2) is 17.6. The van der Waals surface area contributed by atoms with Crippen molar-refractivity contribution in [2.45, 2.75) is 288 Å². The largest absolute Gasteiger partial charge is 0.0742 e. The van der Waals surface area contributed by atoms with E-state index in [2.05, 4.69) is 288 Å². The fourth-order valence-electron chi connectivity index (χ4n) is 28.2. The van der Waals surface area contributed by atoms with Crippen LogP contribution in [0.2, 0.25) is 288 Å². The van der Waals surface area contributed by atoms with E-state index < -0.39 is 156 Å². The van der Waals surface area contributed by atoms with Gasteiger partial charge < -0.3 is 0 Å². The second-order valence-corrected chi connectivity index (χ2v) is 310. The summed E-state index contributed by atoms with van der Waals surface area (Å²) >= 11 is 0. The van der Waals surface area contributed by atoms with E-state index in [-0.39, 0.29) is 0 Å². The van der Waals surface area contributed by atoms with Gasteiger partial charge in [-0.25, -0.2) is 0 Å². The van der Waals surface area contributed by atoms with Crippen LogP contribution in [0.15, 0.2) is 0 Å². The molecule has 22 heteroatoms. The molecule has 0 nitrogen and oxygen atoms in total. The molecule has 2 fully saturated rings. The molecule has 2 aliphatic heterocycles. The third kappa shape index (κ3) is 7.68. The standard InChI is InChI=1S/2C22H66Si11/c2*1-23(2,3)32(24(4,5)6)29(17,18)27(13,14)28(15,16)30(19,20)33(25(7,8)9,26(10,11)12)31(32,21)22/h2*1-22H3. The zero-order valence-electron chi connectivity index (χ0n) is 55.0. The van der Waals surface area contributed by atoms with E-state index in [0.29, 0.717) is 0 Å². The minimum absolute atomic E-state index is 1.32. The maximum Gasteiger partial charge on any atom is 0.0308 e. The zero-order valence-corrected chi connectivity index (χ0v) is 77.0. The van der Waals surface area contributed by atoms with Crippen LogP contribution in [0.4, 0.5) is 0 Å². The first-order valence-electron chi connectivity index (χ1n) is 27.5. The van der Waals surface area contributed by atoms with Crippen molar-refractivity contribution in [2.24, 2.45) is 0 Å². The fraction of sp³-hybridized carbons (Fsp3) is 1.00. The minimum atomic E-state index is -1.47. The Morgan fingerprint density at radius 2 is 0.197 bits per heavy atom. The molecule has 0 radical (unpaired) electrons. The van der Waals surface area contributed by atoms with Crippen LogP contribution in [-0.4, -0.2) is 156 Å². The predicted octanol–water partition coefficient (Wildman–Crippen LogP) is 17.3. The molecule has 0 spiro atoms. The molecule has 66 heavy (non-hydrogen) atoms. The Morgan fingerprint density at radius 1 is 0.121 bits per heavy atom. The Labute approximate surface area is 439 Å². The van der Waals surface area contributed by atoms with Gasteiger partial charge in [0.25, 0.3) is 0 Å². The van der Waals surface area contributed by atoms with E-state index in [1.54, 1.807) is 0 Å². The van der Waals surface area contributed by atoms with Crippen LogP contribution >= 0.6 is 0 Å². The second-order valence-electron chi connectivity index (χ2n) is 37.2. The lowest BCUT2D eigenvalue weighted by Gasteiger charge is -2.75. The summed E-state index contributed by atoms with van der Waals surface area (Å²) in [5.41, 5.74) is 0. The molecular formula is C44H132Si22. The summed E-state index contributed by atoms with van der Waals surface area (Å²) in [5.74, 6) is 0. The Bertz CT molecular complexity index is 1480. The molecule has 396 valence electrons. The maximum atomic E-state index is 3.21. The third-order valence-corrected chi connectivity index (χ3v) is 692. The number of rotatable bonds is 8. The smallest absolute Gasteiger partial charge is 0.0308 e. The van der Waals surface area contributed by atoms with E-state index in [0.717, 1.165) is 0 Å². The molecule has 0 N–H and O–H groups in total. The normalized spacial score (nSPS) is 28.2. The van der Waals surface area contributed by atoms with Crippen LogP contribution in [0, 0.1) is 0 Å². The van der Waals surface area contributed by atoms with Crippen LogP contribution in [0.3, 0.4) is 0 Å². The molecule has 0 bridgehead atoms. The molecule has 0 aliphatic carbocycles. The molecular weight excluding hydrogens is 1150 g/mol. The Hall–Kier alpha value is 4.77. The lowest BCUT2D eigenvalue weighted by Crippen LogP contribution is -3.06. The van der Waals surface area contributed by atoms with Crippen molar-refractivity contribution in [3.63, 3.8) is 0 Å². The Balaban J connectivity index is 0.000000660. The van der Waals surface area contributed by atoms with Gasteiger partial charge in [-0.2, -0.15) is 0 Å². The molecule has 0 saturated carbocycles. The first kappa shape index (κ1) is 68.8. The van der Waals surface area contributed by atoms with Gasteiger partial charge in [0, 0.05) is 156 Å². The average molecular weight is 1280 g/mol. The van der Waals surface area contributed by atoms with Crippen LogP contribution in [-0.2, 0) is 0 Å². The molecule has 2 aliphatic rings. The van der Waals surface area contributed by atoms with Gasteiger partial charge in [-0.05, 0) is 0 Å². The van der Waals surface area contributed by atoms with Crippen LogP contribution in [0.1, 0.15) is 0 Å². The minimum Gasteiger partial charge on any atom is -0.0742 e. The molecule has 2 saturated heterocycles. The summed E-state index contributed by atoms with van der Waals surface area (Å²) < 4.78 is 0. The summed E-state index contributed by atoms with van der Waals surface area (Å²) in [6.45, 7) is 133. The molecule has 0 aromatic heterocycles. The van der Waals surface area contributed by atoms with Gasteiger partial charge in [0.1, 0.15) is 0 Å². The van der Waals surface area contributed by atoms with E-state index in [4.69, 9.17) is 0 Å². The van der Waals surface area contributed by atoms with Gasteiger partial charge in [0.15, 0.2) is 0 Å². The van der Waals surface area contributed by atoms with Gasteiger partial charge in [0.2, 0.25) is 0 Å². The van der Waals surface area contributed by atoms with E-state index in [9.17, 15) is 0 Å². The molecule has 0 aromatic carbocycles. The lowest BCUT2D eigenvalue weighted by atomic mass is 11.8. The highest BCUT2D eigenvalue weighted by atomic mass is 30.5. The van der Waals surface area contributed by atoms with Crippen molar-refractivity contribution in [1.82, 2.24) is 0 Å². The topological polar surface area (TPSA) is 0 Å². The molecule has 0 unspecified atom stereocenters. The van der Waals surface area contributed by atoms with Gasteiger partial charge in [-0.3, -0.25) is 0 Å². The van der Waals surface area contributed by atoms with E-state index >= 15 is 0 Å². The molecule has 2 heterocycles. The summed E-state index contributed by atoms with van der Waals surface area (Å²) in [6, 6.07) is 0. The van der Waals surface area contributed by atoms with Gasteiger partial charge in [-0.1, -0.05) is 288 Å². The summed E-state index contributed by atoms with van der Waals surface area (Å²) in [6.07, 6.45) is -5.77. The highest BCUT2D eigenvalue weighted by Crippen LogP contribution is 2.62. The fourth-order valence-corrected chi connectivity index (χ4v) is 1370. The molecule has 0 aromatic rings. The van der Waals surface area contributed by atoms with Gasteiger partial charge in [-0.15, -0.1) is 0 Å². The van der Waals surface area contributed by atoms with Crippen LogP contribution < -0.4 is 0 Å². The third-order valence-electron chi connectivity index (χ3n) is 25.9. The SMILES string of the molecule is C[Si](C)(C)[Si]1([Si](C)(C)C)[Si](C)(C)[Si](C)(C)[Si](C)(C)[Si](C)(C)[Si]([Si](C)(C)C)([Si](C)(C)C)[Si]1(C)C.C[Si](C)(C)[Si]1([Si](C)(C)C)[Si](C)(C)[Si](C)(C)[Si](C)(C)[Si](C)(C)[Si]([Si](C)(C)C)([Si](C)(C)C)[Si]1(C)C. The quantitative estimate of drug-likeness (QED) is 0.213. The number of hydrogen-bond donors (Lipinski definition) is 0. The highest BCUT2D eigenvalue weighted by molar-refractivity contribution is 8.37. The van der Waals surface area contributed by atoms with Crippen LogP contribution in [0.25, 0.3) is 0 Å². The Morgan fingerprint density at radius 3 is 0.258 bits per heavy atom. The Kier molecular flexibility index (Phi) is 18.4. The zero-order chi connectivity index (χ0) is 55.0. The summed E-state index contributed by atoms with van der Waals surface area (Å²) in [4.78, 5) is 0. The van der Waals surface area contributed by atoms with Crippen molar-refractivity contribution in [3.05, 3.63) is 0 Å². The predicted molar refractivity (Wildman–Crippen MR) is 385 cm³/mol. The molecule has 0 atom stereocenters. The molecule has 0 amide bonds. The first-order valence-corrected chi connectivity index (χ1v) is 116. The maximum absolute atomic E-state index is 3.21. The molecule has 2 rings (SSSR count). The van der Waals surface area contributed by atoms with Crippen molar-refractivity contribution in [1.29, 1.82) is 0 Å². The summed E-state index contributed by atoms with van der Waals surface area (Å²) in [5, 5.41) is 0. The first-order chi connectivity index (χ1) is 27.5. The van der Waals surface area contributed by atoms with Crippen molar-refractivity contribution in [3.8, 4) is 0 Å². The van der Waals surface area contributed by atoms with Crippen LogP contribution in [0.5, 0.6) is 0 Å². The number of hydrogen-bond acceptors (Lipinski definition) is 0.